The van der Waals surface area contributed by atoms with E-state index in [4.69, 9.17) is 0 Å². The fraction of sp³-hybridized carbons (Fsp3) is 0. The number of phenolic OH excluding ortho intramolecular Hbond substituents is 1. The normalized spacial score (nSPS) is 10.4. The zero-order chi connectivity index (χ0) is 13.9. The number of hydrogen-bond acceptors (Lipinski definition) is 4. The maximum atomic E-state index is 12.7. The third-order valence-electron chi connectivity index (χ3n) is 2.76. The Morgan fingerprint density at radius 1 is 1.10 bits per heavy atom. The Bertz CT molecular complexity index is 707. The minimum atomic E-state index is -0.526. The maximum absolute atomic E-state index is 12.7. The van der Waals surface area contributed by atoms with Crippen LogP contribution >= 0.6 is 0 Å². The predicted molar refractivity (Wildman–Crippen MR) is 73.2 cm³/mol. The summed E-state index contributed by atoms with van der Waals surface area (Å²) in [7, 11) is 0. The number of aromatic hydroxyl groups is 1. The standard InChI is InChI=1S/C14H11FN4O/c15-13-6-3-10(8-16-13)17-14-7-12(18-19-14)9-1-4-11(20)5-2-9/h1-8,20H,(H2,17,18,19). The molecule has 0 saturated carbocycles. The van der Waals surface area contributed by atoms with E-state index in [1.165, 1.54) is 12.3 Å². The first-order valence-corrected chi connectivity index (χ1v) is 5.94. The zero-order valence-corrected chi connectivity index (χ0v) is 10.3. The van der Waals surface area contributed by atoms with Crippen molar-refractivity contribution in [2.75, 3.05) is 5.32 Å². The van der Waals surface area contributed by atoms with E-state index in [2.05, 4.69) is 20.5 Å². The lowest BCUT2D eigenvalue weighted by atomic mass is 10.1. The molecular formula is C14H11FN4O. The van der Waals surface area contributed by atoms with Gasteiger partial charge in [0.15, 0.2) is 5.82 Å². The quantitative estimate of drug-likeness (QED) is 0.639. The number of pyridine rings is 1. The molecule has 0 radical (unpaired) electrons. The van der Waals surface area contributed by atoms with Crippen molar-refractivity contribution in [1.29, 1.82) is 0 Å². The van der Waals surface area contributed by atoms with E-state index in [0.717, 1.165) is 11.3 Å². The lowest BCUT2D eigenvalue weighted by Crippen LogP contribution is -1.92. The van der Waals surface area contributed by atoms with Crippen molar-refractivity contribution in [3.05, 3.63) is 54.6 Å². The van der Waals surface area contributed by atoms with Gasteiger partial charge in [-0.05, 0) is 42.0 Å². The number of aromatic amines is 1. The van der Waals surface area contributed by atoms with Gasteiger partial charge >= 0.3 is 0 Å². The number of phenols is 1. The van der Waals surface area contributed by atoms with Crippen molar-refractivity contribution in [3.8, 4) is 17.0 Å². The van der Waals surface area contributed by atoms with Crippen molar-refractivity contribution < 1.29 is 9.50 Å². The molecule has 0 unspecified atom stereocenters. The molecule has 3 N–H and O–H groups in total. The highest BCUT2D eigenvalue weighted by Gasteiger charge is 2.04. The zero-order valence-electron chi connectivity index (χ0n) is 10.3. The van der Waals surface area contributed by atoms with E-state index < -0.39 is 5.95 Å². The van der Waals surface area contributed by atoms with Crippen molar-refractivity contribution in [1.82, 2.24) is 15.2 Å². The summed E-state index contributed by atoms with van der Waals surface area (Å²) in [6.45, 7) is 0. The van der Waals surface area contributed by atoms with E-state index >= 15 is 0 Å². The van der Waals surface area contributed by atoms with Crippen LogP contribution in [0.5, 0.6) is 5.75 Å². The molecule has 5 nitrogen and oxygen atoms in total. The number of anilines is 2. The van der Waals surface area contributed by atoms with E-state index in [-0.39, 0.29) is 5.75 Å². The Labute approximate surface area is 114 Å². The van der Waals surface area contributed by atoms with Gasteiger partial charge < -0.3 is 10.4 Å². The monoisotopic (exact) mass is 270 g/mol. The van der Waals surface area contributed by atoms with Gasteiger partial charge in [0.1, 0.15) is 5.75 Å². The van der Waals surface area contributed by atoms with Crippen LogP contribution in [0.1, 0.15) is 0 Å². The number of H-pyrrole nitrogens is 1. The highest BCUT2D eigenvalue weighted by molar-refractivity contribution is 5.66. The van der Waals surface area contributed by atoms with Crippen molar-refractivity contribution in [2.24, 2.45) is 0 Å². The van der Waals surface area contributed by atoms with Gasteiger partial charge in [0.25, 0.3) is 0 Å². The predicted octanol–water partition coefficient (Wildman–Crippen LogP) is 3.06. The molecule has 2 heterocycles. The van der Waals surface area contributed by atoms with Crippen LogP contribution in [0.3, 0.4) is 0 Å². The van der Waals surface area contributed by atoms with Gasteiger partial charge in [0.05, 0.1) is 17.6 Å². The average molecular weight is 270 g/mol. The molecule has 0 amide bonds. The third-order valence-corrected chi connectivity index (χ3v) is 2.76. The number of rotatable bonds is 3. The number of nitrogens with zero attached hydrogens (tertiary/aromatic N) is 2. The SMILES string of the molecule is Oc1ccc(-c2cc(Nc3ccc(F)nc3)n[nH]2)cc1. The Kier molecular flexibility index (Phi) is 3.04. The molecule has 0 fully saturated rings. The van der Waals surface area contributed by atoms with Crippen LogP contribution in [0.25, 0.3) is 11.3 Å². The molecule has 2 aromatic heterocycles. The topological polar surface area (TPSA) is 73.8 Å². The Balaban J connectivity index is 1.80. The lowest BCUT2D eigenvalue weighted by Gasteiger charge is -2.00. The van der Waals surface area contributed by atoms with Crippen molar-refractivity contribution >= 4 is 11.5 Å². The molecule has 0 saturated heterocycles. The molecule has 100 valence electrons. The molecule has 0 aliphatic carbocycles. The van der Waals surface area contributed by atoms with Gasteiger partial charge in [-0.15, -0.1) is 0 Å². The molecule has 6 heteroatoms. The molecule has 0 aliphatic rings. The summed E-state index contributed by atoms with van der Waals surface area (Å²) < 4.78 is 12.7. The first kappa shape index (κ1) is 12.2. The van der Waals surface area contributed by atoms with Crippen LogP contribution < -0.4 is 5.32 Å². The number of nitrogens with one attached hydrogen (secondary N) is 2. The van der Waals surface area contributed by atoms with Crippen LogP contribution in [0.2, 0.25) is 0 Å². The highest BCUT2D eigenvalue weighted by atomic mass is 19.1. The second kappa shape index (κ2) is 5.00. The van der Waals surface area contributed by atoms with Crippen LogP contribution in [0.15, 0.2) is 48.7 Å². The summed E-state index contributed by atoms with van der Waals surface area (Å²) in [4.78, 5) is 3.56. The molecule has 1 aromatic carbocycles. The summed E-state index contributed by atoms with van der Waals surface area (Å²) in [6, 6.07) is 11.4. The molecule has 0 aliphatic heterocycles. The summed E-state index contributed by atoms with van der Waals surface area (Å²) in [6.07, 6.45) is 1.39. The van der Waals surface area contributed by atoms with E-state index in [0.29, 0.717) is 11.5 Å². The molecule has 0 spiro atoms. The first-order chi connectivity index (χ1) is 9.70. The van der Waals surface area contributed by atoms with Crippen LogP contribution in [-0.2, 0) is 0 Å². The summed E-state index contributed by atoms with van der Waals surface area (Å²) in [5, 5.41) is 19.3. The van der Waals surface area contributed by atoms with Crippen LogP contribution in [0.4, 0.5) is 15.9 Å². The number of halogens is 1. The third kappa shape index (κ3) is 2.59. The Morgan fingerprint density at radius 2 is 1.90 bits per heavy atom. The van der Waals surface area contributed by atoms with Gasteiger partial charge in [-0.25, -0.2) is 4.98 Å². The number of hydrogen-bond donors (Lipinski definition) is 3. The highest BCUT2D eigenvalue weighted by Crippen LogP contribution is 2.23. The summed E-state index contributed by atoms with van der Waals surface area (Å²) in [5.41, 5.74) is 2.36. The molecular weight excluding hydrogens is 259 g/mol. The van der Waals surface area contributed by atoms with Gasteiger partial charge in [-0.2, -0.15) is 9.49 Å². The Morgan fingerprint density at radius 3 is 2.60 bits per heavy atom. The van der Waals surface area contributed by atoms with Crippen LogP contribution in [-0.4, -0.2) is 20.3 Å². The van der Waals surface area contributed by atoms with Gasteiger partial charge in [0.2, 0.25) is 5.95 Å². The molecule has 0 atom stereocenters. The minimum absolute atomic E-state index is 0.212. The largest absolute Gasteiger partial charge is 0.508 e. The molecule has 0 bridgehead atoms. The van der Waals surface area contributed by atoms with Crippen LogP contribution in [0, 0.1) is 5.95 Å². The second-order valence-electron chi connectivity index (χ2n) is 4.21. The minimum Gasteiger partial charge on any atom is -0.508 e. The smallest absolute Gasteiger partial charge is 0.212 e. The average Bonchev–Trinajstić information content (AvgIpc) is 2.91. The van der Waals surface area contributed by atoms with Crippen molar-refractivity contribution in [2.45, 2.75) is 0 Å². The van der Waals surface area contributed by atoms with Gasteiger partial charge in [-0.3, -0.25) is 5.10 Å². The Hall–Kier alpha value is -2.89. The van der Waals surface area contributed by atoms with Crippen molar-refractivity contribution in [3.63, 3.8) is 0 Å². The molecule has 20 heavy (non-hydrogen) atoms. The van der Waals surface area contributed by atoms with Gasteiger partial charge in [0, 0.05) is 6.07 Å². The summed E-state index contributed by atoms with van der Waals surface area (Å²) >= 11 is 0. The second-order valence-corrected chi connectivity index (χ2v) is 4.21. The van der Waals surface area contributed by atoms with E-state index in [9.17, 15) is 9.50 Å². The fourth-order valence-electron chi connectivity index (χ4n) is 1.77. The van der Waals surface area contributed by atoms with Gasteiger partial charge in [-0.1, -0.05) is 0 Å². The number of aromatic nitrogens is 3. The lowest BCUT2D eigenvalue weighted by molar-refractivity contribution is 0.475. The first-order valence-electron chi connectivity index (χ1n) is 5.94. The maximum Gasteiger partial charge on any atom is 0.212 e. The molecule has 3 aromatic rings. The van der Waals surface area contributed by atoms with E-state index in [1.807, 2.05) is 6.07 Å². The fourth-order valence-corrected chi connectivity index (χ4v) is 1.77. The molecule has 3 rings (SSSR count). The number of benzene rings is 1. The van der Waals surface area contributed by atoms with E-state index in [1.54, 1.807) is 30.3 Å². The summed E-state index contributed by atoms with van der Waals surface area (Å²) in [5.74, 6) is 0.285.